The lowest BCUT2D eigenvalue weighted by Gasteiger charge is -2.42. The molecule has 1 saturated carbocycles. The average molecular weight is 356 g/mol. The predicted molar refractivity (Wildman–Crippen MR) is 95.8 cm³/mol. The van der Waals surface area contributed by atoms with Crippen LogP contribution < -0.4 is 10.4 Å². The van der Waals surface area contributed by atoms with E-state index in [0.29, 0.717) is 30.6 Å². The molecule has 138 valence electrons. The number of nitrogens with zero attached hydrogens (tertiary/aromatic N) is 1. The van der Waals surface area contributed by atoms with Crippen LogP contribution in [0.3, 0.4) is 0 Å². The highest BCUT2D eigenvalue weighted by molar-refractivity contribution is 6.07. The Morgan fingerprint density at radius 2 is 2.31 bits per heavy atom. The number of hydroxylamine groups is 1. The Morgan fingerprint density at radius 3 is 3.08 bits per heavy atom. The monoisotopic (exact) mass is 356 g/mol. The SMILES string of the molecule is C/C=C1\CNC2C[C@@]3(C(=O)N(OC)c4cc(O)ccc43)C3CC1C2CO3. The number of anilines is 1. The van der Waals surface area contributed by atoms with E-state index in [0.717, 1.165) is 18.5 Å². The van der Waals surface area contributed by atoms with Crippen molar-refractivity contribution in [2.24, 2.45) is 11.8 Å². The molecule has 6 nitrogen and oxygen atoms in total. The summed E-state index contributed by atoms with van der Waals surface area (Å²) >= 11 is 0. The van der Waals surface area contributed by atoms with Gasteiger partial charge in [-0.2, -0.15) is 5.06 Å². The Labute approximate surface area is 152 Å². The van der Waals surface area contributed by atoms with Crippen molar-refractivity contribution in [3.63, 3.8) is 0 Å². The molecule has 3 saturated heterocycles. The molecule has 4 heterocycles. The molecule has 6 heteroatoms. The number of hydrogen-bond acceptors (Lipinski definition) is 5. The summed E-state index contributed by atoms with van der Waals surface area (Å²) in [5.74, 6) is 0.912. The van der Waals surface area contributed by atoms with Crippen LogP contribution in [-0.4, -0.2) is 43.4 Å². The van der Waals surface area contributed by atoms with Gasteiger partial charge in [0.25, 0.3) is 5.91 Å². The third kappa shape index (κ3) is 1.89. The number of amides is 1. The fourth-order valence-electron chi connectivity index (χ4n) is 5.69. The average Bonchev–Trinajstić information content (AvgIpc) is 2.74. The van der Waals surface area contributed by atoms with Crippen LogP contribution in [0.2, 0.25) is 0 Å². The van der Waals surface area contributed by atoms with Crippen molar-refractivity contribution in [1.29, 1.82) is 0 Å². The van der Waals surface area contributed by atoms with Gasteiger partial charge in [0, 0.05) is 24.6 Å². The maximum absolute atomic E-state index is 13.6. The summed E-state index contributed by atoms with van der Waals surface area (Å²) in [7, 11) is 1.49. The van der Waals surface area contributed by atoms with Gasteiger partial charge in [0.1, 0.15) is 11.2 Å². The predicted octanol–water partition coefficient (Wildman–Crippen LogP) is 1.88. The van der Waals surface area contributed by atoms with Crippen molar-refractivity contribution in [3.05, 3.63) is 35.4 Å². The quantitative estimate of drug-likeness (QED) is 0.752. The largest absolute Gasteiger partial charge is 0.508 e. The number of ether oxygens (including phenoxy) is 1. The van der Waals surface area contributed by atoms with Crippen LogP contribution in [0.5, 0.6) is 5.75 Å². The number of nitrogens with one attached hydrogen (secondary N) is 1. The summed E-state index contributed by atoms with van der Waals surface area (Å²) in [6.45, 7) is 3.66. The van der Waals surface area contributed by atoms with Crippen molar-refractivity contribution in [2.45, 2.75) is 37.3 Å². The lowest BCUT2D eigenvalue weighted by Crippen LogP contribution is -2.50. The topological polar surface area (TPSA) is 71.0 Å². The van der Waals surface area contributed by atoms with Crippen molar-refractivity contribution in [1.82, 2.24) is 5.32 Å². The molecule has 1 aliphatic carbocycles. The molecule has 4 bridgehead atoms. The van der Waals surface area contributed by atoms with Gasteiger partial charge in [-0.3, -0.25) is 9.63 Å². The number of aromatic hydroxyl groups is 1. The molecular weight excluding hydrogens is 332 g/mol. The maximum Gasteiger partial charge on any atom is 0.264 e. The number of rotatable bonds is 1. The number of piperidine rings is 1. The van der Waals surface area contributed by atoms with Crippen LogP contribution in [0.25, 0.3) is 0 Å². The first-order valence-corrected chi connectivity index (χ1v) is 9.32. The molecular formula is C20H24N2O4. The lowest BCUT2D eigenvalue weighted by molar-refractivity contribution is -0.137. The van der Waals surface area contributed by atoms with E-state index >= 15 is 0 Å². The second-order valence-corrected chi connectivity index (χ2v) is 7.84. The first-order chi connectivity index (χ1) is 12.6. The zero-order valence-electron chi connectivity index (χ0n) is 15.1. The number of carbonyl (C=O) groups is 1. The number of carbonyl (C=O) groups excluding carboxylic acids is 1. The highest BCUT2D eigenvalue weighted by Gasteiger charge is 2.63. The Hall–Kier alpha value is -1.89. The maximum atomic E-state index is 13.6. The number of fused-ring (bicyclic) bond motifs is 2. The number of phenols is 1. The molecule has 5 aliphatic rings. The van der Waals surface area contributed by atoms with E-state index in [1.807, 2.05) is 6.07 Å². The van der Waals surface area contributed by atoms with Gasteiger partial charge in [0.05, 0.1) is 25.5 Å². The normalized spacial score (nSPS) is 39.5. The van der Waals surface area contributed by atoms with Gasteiger partial charge in [-0.15, -0.1) is 0 Å². The van der Waals surface area contributed by atoms with Crippen LogP contribution in [0.4, 0.5) is 5.69 Å². The van der Waals surface area contributed by atoms with Crippen molar-refractivity contribution >= 4 is 11.6 Å². The van der Waals surface area contributed by atoms with Gasteiger partial charge >= 0.3 is 0 Å². The van der Waals surface area contributed by atoms with Crippen LogP contribution in [0.1, 0.15) is 25.3 Å². The van der Waals surface area contributed by atoms with Gasteiger partial charge in [0.15, 0.2) is 0 Å². The molecule has 0 aromatic heterocycles. The molecule has 0 radical (unpaired) electrons. The third-order valence-corrected chi connectivity index (χ3v) is 6.93. The van der Waals surface area contributed by atoms with E-state index < -0.39 is 5.41 Å². The minimum Gasteiger partial charge on any atom is -0.508 e. The Bertz CT molecular complexity index is 807. The van der Waals surface area contributed by atoms with Crippen molar-refractivity contribution in [2.75, 3.05) is 25.3 Å². The molecule has 1 spiro atoms. The summed E-state index contributed by atoms with van der Waals surface area (Å²) in [6, 6.07) is 5.36. The number of phenolic OH excluding ortho intramolecular Hbond substituents is 1. The van der Waals surface area contributed by atoms with E-state index in [1.165, 1.54) is 17.7 Å². The van der Waals surface area contributed by atoms with Crippen LogP contribution in [0, 0.1) is 11.8 Å². The number of hydrogen-bond donors (Lipinski definition) is 2. The first-order valence-electron chi connectivity index (χ1n) is 9.32. The van der Waals surface area contributed by atoms with Gasteiger partial charge in [-0.25, -0.2) is 0 Å². The summed E-state index contributed by atoms with van der Waals surface area (Å²) in [6.07, 6.45) is 3.59. The van der Waals surface area contributed by atoms with Crippen molar-refractivity contribution < 1.29 is 19.5 Å². The zero-order chi connectivity index (χ0) is 18.1. The van der Waals surface area contributed by atoms with Crippen LogP contribution in [0.15, 0.2) is 29.8 Å². The molecule has 4 unspecified atom stereocenters. The molecule has 26 heavy (non-hydrogen) atoms. The number of benzene rings is 1. The summed E-state index contributed by atoms with van der Waals surface area (Å²) < 4.78 is 6.29. The van der Waals surface area contributed by atoms with E-state index in [-0.39, 0.29) is 23.8 Å². The molecule has 4 aliphatic heterocycles. The molecule has 1 aromatic rings. The third-order valence-electron chi connectivity index (χ3n) is 6.93. The first kappa shape index (κ1) is 16.3. The Balaban J connectivity index is 1.69. The molecule has 5 atom stereocenters. The Kier molecular flexibility index (Phi) is 3.48. The molecule has 2 N–H and O–H groups in total. The Morgan fingerprint density at radius 1 is 1.46 bits per heavy atom. The minimum absolute atomic E-state index is 0.0809. The van der Waals surface area contributed by atoms with Gasteiger partial charge in [-0.05, 0) is 37.3 Å². The smallest absolute Gasteiger partial charge is 0.264 e. The van der Waals surface area contributed by atoms with Crippen LogP contribution >= 0.6 is 0 Å². The second-order valence-electron chi connectivity index (χ2n) is 7.84. The molecule has 1 amide bonds. The van der Waals surface area contributed by atoms with E-state index in [9.17, 15) is 9.90 Å². The van der Waals surface area contributed by atoms with E-state index in [2.05, 4.69) is 18.3 Å². The summed E-state index contributed by atoms with van der Waals surface area (Å²) in [5.41, 5.74) is 2.21. The van der Waals surface area contributed by atoms with E-state index in [1.54, 1.807) is 12.1 Å². The van der Waals surface area contributed by atoms with Gasteiger partial charge < -0.3 is 15.2 Å². The fraction of sp³-hybridized carbons (Fsp3) is 0.550. The fourth-order valence-corrected chi connectivity index (χ4v) is 5.69. The highest BCUT2D eigenvalue weighted by atomic mass is 16.7. The molecule has 1 aromatic carbocycles. The number of allylic oxidation sites excluding steroid dienone is 1. The summed E-state index contributed by atoms with van der Waals surface area (Å²) in [5, 5.41) is 14.9. The zero-order valence-corrected chi connectivity index (χ0v) is 15.1. The lowest BCUT2D eigenvalue weighted by atomic mass is 9.72. The van der Waals surface area contributed by atoms with Gasteiger partial charge in [0.2, 0.25) is 0 Å². The summed E-state index contributed by atoms with van der Waals surface area (Å²) in [4.78, 5) is 19.0. The van der Waals surface area contributed by atoms with Crippen LogP contribution in [-0.2, 0) is 19.8 Å². The highest BCUT2D eigenvalue weighted by Crippen LogP contribution is 2.56. The van der Waals surface area contributed by atoms with Crippen molar-refractivity contribution in [3.8, 4) is 5.75 Å². The molecule has 4 fully saturated rings. The second kappa shape index (κ2) is 5.55. The van der Waals surface area contributed by atoms with Gasteiger partial charge in [-0.1, -0.05) is 17.7 Å². The minimum atomic E-state index is -0.761. The standard InChI is InChI=1S/C20H24N2O4/c1-3-11-9-21-16-8-20(18-7-13(11)14(16)10-26-18)15-5-4-12(23)6-17(15)22(25-2)19(20)24/h3-6,13-14,16,18,21,23H,7-10H2,1-2H3/b11-3+/t13?,14?,16?,18?,20-/m0/s1. The van der Waals surface area contributed by atoms with E-state index in [4.69, 9.17) is 9.57 Å². The molecule has 6 rings (SSSR count).